The van der Waals surface area contributed by atoms with Gasteiger partial charge in [-0.25, -0.2) is 0 Å². The van der Waals surface area contributed by atoms with Crippen molar-refractivity contribution in [2.75, 3.05) is 0 Å². The molecule has 0 spiro atoms. The minimum atomic E-state index is -0.363. The van der Waals surface area contributed by atoms with E-state index in [1.165, 1.54) is 0 Å². The fraction of sp³-hybridized carbons (Fsp3) is 0. The van der Waals surface area contributed by atoms with Crippen LogP contribution in [0.15, 0.2) is 0 Å². The molecule has 0 aliphatic heterocycles. The van der Waals surface area contributed by atoms with Crippen LogP contribution in [0.2, 0.25) is 0 Å². The summed E-state index contributed by atoms with van der Waals surface area (Å²) in [6.45, 7) is 0. The molecule has 4 heavy (non-hydrogen) atoms. The van der Waals surface area contributed by atoms with Gasteiger partial charge in [0.15, 0.2) is 0 Å². The van der Waals surface area contributed by atoms with Crippen LogP contribution >= 0.6 is 19.6 Å². The molecule has 0 atom stereocenters. The van der Waals surface area contributed by atoms with Crippen molar-refractivity contribution in [2.45, 2.75) is 0 Å². The maximum atomic E-state index is 4.34. The fourth-order valence-electron chi connectivity index (χ4n) is 0. The Labute approximate surface area is 63.1 Å². The first-order valence-corrected chi connectivity index (χ1v) is 5.92. The third-order valence-electron chi connectivity index (χ3n) is 0. The second-order valence-corrected chi connectivity index (χ2v) is 3.62. The zero-order valence-electron chi connectivity index (χ0n) is 2.22. The van der Waals surface area contributed by atoms with Crippen LogP contribution in [-0.2, 0) is 14.9 Å². The predicted octanol–water partition coefficient (Wildman–Crippen LogP) is 0.913. The Morgan fingerprint density at radius 2 is 1.25 bits per heavy atom. The van der Waals surface area contributed by atoms with Crippen LogP contribution in [0.5, 0.6) is 0 Å². The van der Waals surface area contributed by atoms with E-state index in [2.05, 4.69) is 19.6 Å². The van der Waals surface area contributed by atoms with Gasteiger partial charge in [0.1, 0.15) is 0 Å². The summed E-state index contributed by atoms with van der Waals surface area (Å²) >= 11 is -0.363. The zero-order valence-corrected chi connectivity index (χ0v) is 7.86. The summed E-state index contributed by atoms with van der Waals surface area (Å²) in [6, 6.07) is 0. The summed E-state index contributed by atoms with van der Waals surface area (Å²) in [4.78, 5) is 0. The molecule has 0 aromatic carbocycles. The quantitative estimate of drug-likeness (QED) is 0.512. The molecule has 0 rings (SSSR count). The average Bonchev–Trinajstić information content (AvgIpc) is 0.918. The van der Waals surface area contributed by atoms with Crippen molar-refractivity contribution in [1.29, 1.82) is 0 Å². The van der Waals surface area contributed by atoms with Crippen molar-refractivity contribution < 1.29 is 14.9 Å². The van der Waals surface area contributed by atoms with E-state index in [0.29, 0.717) is 0 Å². The molecule has 0 saturated carbocycles. The summed E-state index contributed by atoms with van der Waals surface area (Å²) in [5, 5.41) is 0. The van der Waals surface area contributed by atoms with Crippen LogP contribution in [0.25, 0.3) is 0 Å². The van der Waals surface area contributed by atoms with Crippen LogP contribution in [-0.4, -0.2) is 29.6 Å². The Morgan fingerprint density at radius 1 is 1.25 bits per heavy atom. The summed E-state index contributed by atoms with van der Waals surface area (Å²) < 4.78 is 0. The maximum absolute atomic E-state index is 4.34. The van der Waals surface area contributed by atoms with Gasteiger partial charge in [-0.1, -0.05) is 0 Å². The Balaban J connectivity index is 0. The molecule has 19 valence electrons. The first-order valence-electron chi connectivity index (χ1n) is 0.333. The van der Waals surface area contributed by atoms with E-state index in [-0.39, 0.29) is 44.5 Å². The van der Waals surface area contributed by atoms with Gasteiger partial charge in [-0.2, -0.15) is 0 Å². The molecule has 0 bridgehead atoms. The SMILES string of the molecule is [Na].[S]=[Mo]=[S]. The van der Waals surface area contributed by atoms with Crippen molar-refractivity contribution in [3.8, 4) is 0 Å². The van der Waals surface area contributed by atoms with E-state index >= 15 is 0 Å². The number of rotatable bonds is 0. The molecule has 0 aliphatic rings. The Hall–Kier alpha value is 2.13. The van der Waals surface area contributed by atoms with Gasteiger partial charge in [0.25, 0.3) is 0 Å². The van der Waals surface area contributed by atoms with E-state index < -0.39 is 0 Å². The third-order valence-corrected chi connectivity index (χ3v) is 0. The molecule has 0 saturated heterocycles. The second-order valence-electron chi connectivity index (χ2n) is 0.0680. The first-order chi connectivity index (χ1) is 1.41. The molecule has 0 nitrogen and oxygen atoms in total. The van der Waals surface area contributed by atoms with Gasteiger partial charge in [0.2, 0.25) is 0 Å². The van der Waals surface area contributed by atoms with Gasteiger partial charge >= 0.3 is 34.6 Å². The molecule has 0 aromatic heterocycles. The molecule has 0 heterocycles. The molecule has 0 unspecified atom stereocenters. The van der Waals surface area contributed by atoms with Crippen LogP contribution in [0.4, 0.5) is 0 Å². The van der Waals surface area contributed by atoms with E-state index in [1.54, 1.807) is 0 Å². The van der Waals surface area contributed by atoms with Gasteiger partial charge in [0, 0.05) is 29.6 Å². The van der Waals surface area contributed by atoms with Crippen molar-refractivity contribution >= 4 is 49.2 Å². The first kappa shape index (κ1) is 9.46. The van der Waals surface area contributed by atoms with Crippen LogP contribution in [0.1, 0.15) is 0 Å². The number of hydrogen-bond acceptors (Lipinski definition) is 2. The molecule has 4 heteroatoms. The summed E-state index contributed by atoms with van der Waals surface area (Å²) in [5.41, 5.74) is 0. The molecule has 0 N–H and O–H groups in total. The van der Waals surface area contributed by atoms with Crippen LogP contribution in [0, 0.1) is 0 Å². The zero-order chi connectivity index (χ0) is 2.71. The van der Waals surface area contributed by atoms with Crippen molar-refractivity contribution in [3.63, 3.8) is 0 Å². The number of hydrogen-bond donors (Lipinski definition) is 0. The van der Waals surface area contributed by atoms with Gasteiger partial charge in [-0.3, -0.25) is 0 Å². The molecule has 0 amide bonds. The van der Waals surface area contributed by atoms with Gasteiger partial charge < -0.3 is 0 Å². The Morgan fingerprint density at radius 3 is 1.25 bits per heavy atom. The molecular weight excluding hydrogens is 183 g/mol. The molecule has 0 aromatic rings. The topological polar surface area (TPSA) is 0 Å². The summed E-state index contributed by atoms with van der Waals surface area (Å²) in [7, 11) is 8.68. The average molecular weight is 183 g/mol. The van der Waals surface area contributed by atoms with Gasteiger partial charge in [-0.15, -0.1) is 0 Å². The van der Waals surface area contributed by atoms with Crippen molar-refractivity contribution in [3.05, 3.63) is 0 Å². The van der Waals surface area contributed by atoms with E-state index in [9.17, 15) is 0 Å². The standard InChI is InChI=1S/Mo.Na.2S. The van der Waals surface area contributed by atoms with Gasteiger partial charge in [0.05, 0.1) is 0 Å². The normalized spacial score (nSPS) is 3.00. The fourth-order valence-corrected chi connectivity index (χ4v) is 0. The summed E-state index contributed by atoms with van der Waals surface area (Å²) in [6.07, 6.45) is 0. The predicted molar refractivity (Wildman–Crippen MR) is 20.9 cm³/mol. The van der Waals surface area contributed by atoms with Crippen LogP contribution in [0.3, 0.4) is 0 Å². The van der Waals surface area contributed by atoms with Crippen molar-refractivity contribution in [1.82, 2.24) is 0 Å². The van der Waals surface area contributed by atoms with E-state index in [1.807, 2.05) is 0 Å². The van der Waals surface area contributed by atoms with Crippen LogP contribution < -0.4 is 0 Å². The van der Waals surface area contributed by atoms with Crippen molar-refractivity contribution in [2.24, 2.45) is 0 Å². The Kier molecular flexibility index (Phi) is 21.1. The van der Waals surface area contributed by atoms with E-state index in [0.717, 1.165) is 0 Å². The second kappa shape index (κ2) is 8.93. The monoisotopic (exact) mass is 185 g/mol. The minimum absolute atomic E-state index is 0. The molecule has 0 fully saturated rings. The molecule has 0 aliphatic carbocycles. The van der Waals surface area contributed by atoms with E-state index in [4.69, 9.17) is 0 Å². The molecule has 1 radical (unpaired) electrons. The van der Waals surface area contributed by atoms with Gasteiger partial charge in [-0.05, 0) is 0 Å². The molecular formula is MoNaS2. The third kappa shape index (κ3) is 8.92. The Bertz CT molecular complexity index is 27.0. The summed E-state index contributed by atoms with van der Waals surface area (Å²) in [5.74, 6) is 0.